The van der Waals surface area contributed by atoms with Gasteiger partial charge in [0.1, 0.15) is 11.9 Å². The minimum absolute atomic E-state index is 0.0534. The van der Waals surface area contributed by atoms with Crippen molar-refractivity contribution < 1.29 is 32.2 Å². The van der Waals surface area contributed by atoms with E-state index in [1.807, 2.05) is 75.0 Å². The zero-order chi connectivity index (χ0) is 37.3. The zero-order valence-corrected chi connectivity index (χ0v) is 30.4. The minimum atomic E-state index is -5.09. The summed E-state index contributed by atoms with van der Waals surface area (Å²) in [5.74, 6) is -0.722. The van der Waals surface area contributed by atoms with E-state index < -0.39 is 17.5 Å². The van der Waals surface area contributed by atoms with Crippen LogP contribution in [-0.4, -0.2) is 58.7 Å². The van der Waals surface area contributed by atoms with Gasteiger partial charge in [0.2, 0.25) is 5.91 Å². The number of alkyl halides is 3. The van der Waals surface area contributed by atoms with Crippen molar-refractivity contribution in [3.63, 3.8) is 0 Å². The van der Waals surface area contributed by atoms with Crippen molar-refractivity contribution >= 4 is 28.8 Å². The predicted octanol–water partition coefficient (Wildman–Crippen LogP) is 8.14. The molecule has 1 aliphatic carbocycles. The van der Waals surface area contributed by atoms with Crippen LogP contribution in [0, 0.1) is 0 Å². The normalized spacial score (nSPS) is 16.5. The summed E-state index contributed by atoms with van der Waals surface area (Å²) in [4.78, 5) is 27.1. The molecule has 5 rings (SSSR count). The molecule has 2 N–H and O–H groups in total. The number of ether oxygens (including phenoxy) is 2. The van der Waals surface area contributed by atoms with Gasteiger partial charge in [-0.2, -0.15) is 13.2 Å². The van der Waals surface area contributed by atoms with Crippen molar-refractivity contribution in [2.75, 3.05) is 31.8 Å². The number of hydrogen-bond donors (Lipinski definition) is 2. The molecule has 0 spiro atoms. The second-order valence-electron chi connectivity index (χ2n) is 14.8. The van der Waals surface area contributed by atoms with Crippen LogP contribution in [0.3, 0.4) is 0 Å². The van der Waals surface area contributed by atoms with E-state index >= 15 is 0 Å². The quantitative estimate of drug-likeness (QED) is 0.162. The van der Waals surface area contributed by atoms with Gasteiger partial charge in [-0.3, -0.25) is 18.9 Å². The van der Waals surface area contributed by atoms with Crippen molar-refractivity contribution in [2.24, 2.45) is 0 Å². The van der Waals surface area contributed by atoms with Crippen LogP contribution in [0.1, 0.15) is 101 Å². The molecule has 1 aliphatic rings. The van der Waals surface area contributed by atoms with Gasteiger partial charge in [-0.15, -0.1) is 10.2 Å². The monoisotopic (exact) mass is 708 g/mol. The van der Waals surface area contributed by atoms with Gasteiger partial charge in [-0.25, -0.2) is 0 Å². The Bertz CT molecular complexity index is 1900. The van der Waals surface area contributed by atoms with E-state index in [-0.39, 0.29) is 47.0 Å². The Hall–Kier alpha value is -4.65. The maximum Gasteiger partial charge on any atom is 0.471 e. The third-order valence-corrected chi connectivity index (χ3v) is 9.77. The van der Waals surface area contributed by atoms with Crippen molar-refractivity contribution in [1.29, 1.82) is 0 Å². The van der Waals surface area contributed by atoms with E-state index in [1.54, 1.807) is 6.07 Å². The second-order valence-corrected chi connectivity index (χ2v) is 14.8. The van der Waals surface area contributed by atoms with Gasteiger partial charge in [-0.05, 0) is 106 Å². The number of nitrogens with zero attached hydrogens (tertiary/aromatic N) is 4. The Morgan fingerprint density at radius 2 is 1.61 bits per heavy atom. The molecule has 2 atom stereocenters. The lowest BCUT2D eigenvalue weighted by Crippen LogP contribution is -2.37. The van der Waals surface area contributed by atoms with Gasteiger partial charge >= 0.3 is 12.1 Å². The molecule has 2 aromatic carbocycles. The lowest BCUT2D eigenvalue weighted by Gasteiger charge is -2.32. The van der Waals surface area contributed by atoms with Gasteiger partial charge in [0.05, 0.1) is 30.2 Å². The summed E-state index contributed by atoms with van der Waals surface area (Å²) in [5.41, 5.74) is 2.86. The topological polar surface area (TPSA) is 110 Å². The number of benzene rings is 2. The molecule has 0 fully saturated rings. The van der Waals surface area contributed by atoms with Crippen LogP contribution in [-0.2, 0) is 20.5 Å². The van der Waals surface area contributed by atoms with Gasteiger partial charge < -0.3 is 20.1 Å². The second kappa shape index (κ2) is 14.5. The third kappa shape index (κ3) is 8.30. The number of carbonyl (C=O) groups excluding carboxylic acids is 2. The van der Waals surface area contributed by atoms with E-state index in [0.717, 1.165) is 42.0 Å². The van der Waals surface area contributed by atoms with Gasteiger partial charge in [0, 0.05) is 6.42 Å². The molecule has 0 unspecified atom stereocenters. The van der Waals surface area contributed by atoms with Crippen LogP contribution >= 0.6 is 0 Å². The summed E-state index contributed by atoms with van der Waals surface area (Å²) in [6.07, 6.45) is -0.0687. The van der Waals surface area contributed by atoms with E-state index in [1.165, 1.54) is 18.7 Å². The summed E-state index contributed by atoms with van der Waals surface area (Å²) in [5, 5.41) is 13.5. The highest BCUT2D eigenvalue weighted by Gasteiger charge is 2.39. The Balaban J connectivity index is 1.27. The third-order valence-electron chi connectivity index (χ3n) is 9.77. The number of halogens is 3. The first-order valence-corrected chi connectivity index (χ1v) is 17.1. The van der Waals surface area contributed by atoms with Gasteiger partial charge in [0.25, 0.3) is 0 Å². The number of nitrogens with one attached hydrogen (secondary N) is 2. The number of amides is 2. The van der Waals surface area contributed by atoms with E-state index in [2.05, 4.69) is 46.4 Å². The standard InChI is InChI=1S/C38H47F3N6O4/c1-36(2,3)24-20-28(33(50-8)29(21-24)43-35(49)38(39,40)41)42-32(48)15-11-12-23-16-18-30(27-14-10-9-13-26(23)27)51-25-17-19-31-44-45-34(47(31)22-25)37(4,5)46(6)7/h9-10,13-14,17,19-23,30H,11-12,15-16,18H2,1-8H3,(H,42,48)(H,43,49)/t23-,30+/m0/s1. The number of hydrogen-bond acceptors (Lipinski definition) is 7. The van der Waals surface area contributed by atoms with Crippen LogP contribution in [0.25, 0.3) is 5.65 Å². The molecule has 2 amide bonds. The van der Waals surface area contributed by atoms with E-state index in [9.17, 15) is 22.8 Å². The Labute approximate surface area is 296 Å². The molecule has 2 heterocycles. The Morgan fingerprint density at radius 1 is 0.941 bits per heavy atom. The van der Waals surface area contributed by atoms with Crippen LogP contribution in [0.4, 0.5) is 24.5 Å². The van der Waals surface area contributed by atoms with Gasteiger partial charge in [-0.1, -0.05) is 45.0 Å². The van der Waals surface area contributed by atoms with Crippen LogP contribution in [0.5, 0.6) is 11.5 Å². The summed E-state index contributed by atoms with van der Waals surface area (Å²) in [6, 6.07) is 15.2. The number of methoxy groups -OCH3 is 1. The minimum Gasteiger partial charge on any atom is -0.492 e. The highest BCUT2D eigenvalue weighted by Crippen LogP contribution is 2.43. The van der Waals surface area contributed by atoms with Crippen molar-refractivity contribution in [2.45, 2.75) is 95.9 Å². The van der Waals surface area contributed by atoms with Crippen molar-refractivity contribution in [3.8, 4) is 11.5 Å². The molecule has 51 heavy (non-hydrogen) atoms. The molecule has 13 heteroatoms. The first-order chi connectivity index (χ1) is 23.9. The number of anilines is 2. The van der Waals surface area contributed by atoms with Crippen LogP contribution in [0.15, 0.2) is 54.7 Å². The van der Waals surface area contributed by atoms with Crippen molar-refractivity contribution in [3.05, 3.63) is 77.2 Å². The first kappa shape index (κ1) is 37.6. The van der Waals surface area contributed by atoms with E-state index in [0.29, 0.717) is 12.0 Å². The molecule has 0 bridgehead atoms. The fourth-order valence-electron chi connectivity index (χ4n) is 6.37. The lowest BCUT2D eigenvalue weighted by molar-refractivity contribution is -0.167. The molecule has 0 saturated carbocycles. The highest BCUT2D eigenvalue weighted by atomic mass is 19.4. The average molecular weight is 709 g/mol. The van der Waals surface area contributed by atoms with E-state index in [4.69, 9.17) is 9.47 Å². The molecular weight excluding hydrogens is 661 g/mol. The fraction of sp³-hybridized carbons (Fsp3) is 0.474. The lowest BCUT2D eigenvalue weighted by atomic mass is 9.79. The maximum absolute atomic E-state index is 13.2. The van der Waals surface area contributed by atoms with Gasteiger partial charge in [0.15, 0.2) is 17.2 Å². The van der Waals surface area contributed by atoms with Crippen LogP contribution in [0.2, 0.25) is 0 Å². The smallest absolute Gasteiger partial charge is 0.471 e. The Morgan fingerprint density at radius 3 is 2.24 bits per heavy atom. The summed E-state index contributed by atoms with van der Waals surface area (Å²) in [6.45, 7) is 9.83. The molecule has 2 aromatic heterocycles. The molecule has 4 aromatic rings. The fourth-order valence-corrected chi connectivity index (χ4v) is 6.37. The molecule has 10 nitrogen and oxygen atoms in total. The Kier molecular flexibility index (Phi) is 10.7. The predicted molar refractivity (Wildman–Crippen MR) is 190 cm³/mol. The molecule has 274 valence electrons. The van der Waals surface area contributed by atoms with Crippen molar-refractivity contribution in [1.82, 2.24) is 19.5 Å². The molecule has 0 aliphatic heterocycles. The SMILES string of the molecule is COc1c(NC(=O)CCC[C@H]2CC[C@@H](Oc3ccc4nnc(C(C)(C)N(C)C)n4c3)c3ccccc32)cc(C(C)(C)C)cc1NC(=O)C(F)(F)F. The van der Waals surface area contributed by atoms with Crippen LogP contribution < -0.4 is 20.1 Å². The first-order valence-electron chi connectivity index (χ1n) is 17.1. The number of pyridine rings is 1. The number of carbonyl (C=O) groups is 2. The molecular formula is C38H47F3N6O4. The number of fused-ring (bicyclic) bond motifs is 2. The summed E-state index contributed by atoms with van der Waals surface area (Å²) in [7, 11) is 5.29. The zero-order valence-electron chi connectivity index (χ0n) is 30.4. The number of rotatable bonds is 11. The molecule has 0 radical (unpaired) electrons. The number of aromatic nitrogens is 3. The average Bonchev–Trinajstić information content (AvgIpc) is 3.49. The highest BCUT2D eigenvalue weighted by molar-refractivity contribution is 5.99. The molecule has 0 saturated heterocycles. The largest absolute Gasteiger partial charge is 0.492 e. The summed E-state index contributed by atoms with van der Waals surface area (Å²) < 4.78 is 53.2. The maximum atomic E-state index is 13.2. The summed E-state index contributed by atoms with van der Waals surface area (Å²) >= 11 is 0.